The Balaban J connectivity index is 1.40. The van der Waals surface area contributed by atoms with Crippen LogP contribution in [0.1, 0.15) is 127 Å². The van der Waals surface area contributed by atoms with Gasteiger partial charge in [-0.25, -0.2) is 9.97 Å². The highest BCUT2D eigenvalue weighted by atomic mass is 15.1. The quantitative estimate of drug-likeness (QED) is 0.134. The summed E-state index contributed by atoms with van der Waals surface area (Å²) in [6, 6.07) is 33.3. The molecule has 0 amide bonds. The molecule has 3 heterocycles. The van der Waals surface area contributed by atoms with Gasteiger partial charge >= 0.3 is 0 Å². The first-order valence-electron chi connectivity index (χ1n) is 18.5. The fraction of sp³-hybridized carbons (Fsp3) is 0.304. The molecule has 0 aliphatic rings. The zero-order valence-corrected chi connectivity index (χ0v) is 32.2. The monoisotopic (exact) mass is 686 g/mol. The van der Waals surface area contributed by atoms with Crippen LogP contribution in [0.25, 0.3) is 33.5 Å². The molecule has 0 saturated carbocycles. The second-order valence-corrected chi connectivity index (χ2v) is 14.8. The van der Waals surface area contributed by atoms with E-state index in [2.05, 4.69) is 104 Å². The van der Waals surface area contributed by atoms with Crippen molar-refractivity contribution in [3.63, 3.8) is 0 Å². The van der Waals surface area contributed by atoms with Gasteiger partial charge in [0.1, 0.15) is 11.4 Å². The molecule has 0 aliphatic carbocycles. The van der Waals surface area contributed by atoms with Gasteiger partial charge in [0.25, 0.3) is 0 Å². The summed E-state index contributed by atoms with van der Waals surface area (Å²) in [6.45, 7) is 21.8. The number of nitrogens with zero attached hydrogens (tertiary/aromatic N) is 6. The number of hydrogen-bond acceptors (Lipinski definition) is 6. The Morgan fingerprint density at radius 3 is 1.08 bits per heavy atom. The lowest BCUT2D eigenvalue weighted by Crippen LogP contribution is -2.04. The minimum absolute atomic E-state index is 0.357. The second-order valence-electron chi connectivity index (χ2n) is 14.8. The average Bonchev–Trinajstić information content (AvgIpc) is 3.14. The maximum Gasteiger partial charge on any atom is 0.119 e. The van der Waals surface area contributed by atoms with Gasteiger partial charge in [-0.3, -0.25) is 9.98 Å². The van der Waals surface area contributed by atoms with Crippen molar-refractivity contribution in [3.05, 3.63) is 131 Å². The largest absolute Gasteiger partial charge is 0.251 e. The lowest BCUT2D eigenvalue weighted by Gasteiger charge is -2.17. The van der Waals surface area contributed by atoms with Crippen LogP contribution in [-0.2, 0) is 0 Å². The van der Waals surface area contributed by atoms with Crippen molar-refractivity contribution in [2.75, 3.05) is 0 Å². The number of pyridine rings is 2. The van der Waals surface area contributed by atoms with Crippen molar-refractivity contribution in [1.29, 1.82) is 0 Å². The van der Waals surface area contributed by atoms with Crippen molar-refractivity contribution in [2.45, 2.75) is 92.9 Å². The predicted molar refractivity (Wildman–Crippen MR) is 219 cm³/mol. The molecular weight excluding hydrogens is 637 g/mol. The number of para-hydroxylation sites is 2. The van der Waals surface area contributed by atoms with Crippen molar-refractivity contribution in [3.8, 4) is 22.8 Å². The van der Waals surface area contributed by atoms with E-state index >= 15 is 0 Å². The van der Waals surface area contributed by atoms with Crippen molar-refractivity contribution in [1.82, 2.24) is 20.2 Å². The summed E-state index contributed by atoms with van der Waals surface area (Å²) >= 11 is 0. The maximum atomic E-state index is 5.20. The molecule has 0 unspecified atom stereocenters. The summed E-state index contributed by atoms with van der Waals surface area (Å²) in [5.74, 6) is 1.43. The lowest BCUT2D eigenvalue weighted by atomic mass is 9.93. The third kappa shape index (κ3) is 7.48. The first-order chi connectivity index (χ1) is 24.9. The molecule has 0 spiro atoms. The molecule has 0 bridgehead atoms. The van der Waals surface area contributed by atoms with Gasteiger partial charge in [0.05, 0.1) is 45.6 Å². The van der Waals surface area contributed by atoms with E-state index in [1.165, 1.54) is 22.3 Å². The van der Waals surface area contributed by atoms with E-state index in [1.54, 1.807) is 0 Å². The first-order valence-corrected chi connectivity index (χ1v) is 18.5. The molecule has 0 saturated heterocycles. The number of hydrogen-bond donors (Lipinski definition) is 0. The summed E-state index contributed by atoms with van der Waals surface area (Å²) in [7, 11) is 0. The normalized spacial score (nSPS) is 12.6. The summed E-state index contributed by atoms with van der Waals surface area (Å²) in [4.78, 5) is 20.6. The molecule has 6 heteroatoms. The van der Waals surface area contributed by atoms with Gasteiger partial charge in [-0.2, -0.15) is 0 Å². The maximum absolute atomic E-state index is 5.20. The van der Waals surface area contributed by atoms with E-state index < -0.39 is 0 Å². The van der Waals surface area contributed by atoms with Crippen molar-refractivity contribution < 1.29 is 0 Å². The van der Waals surface area contributed by atoms with E-state index in [0.29, 0.717) is 23.7 Å². The fourth-order valence-corrected chi connectivity index (χ4v) is 6.75. The van der Waals surface area contributed by atoms with Crippen LogP contribution in [0.15, 0.2) is 107 Å². The Morgan fingerprint density at radius 2 is 0.750 bits per heavy atom. The van der Waals surface area contributed by atoms with Crippen LogP contribution in [0.4, 0.5) is 11.4 Å². The molecule has 6 nitrogen and oxygen atoms in total. The van der Waals surface area contributed by atoms with E-state index in [-0.39, 0.29) is 0 Å². The minimum atomic E-state index is 0.357. The van der Waals surface area contributed by atoms with E-state index in [9.17, 15) is 0 Å². The van der Waals surface area contributed by atoms with Gasteiger partial charge in [0, 0.05) is 10.8 Å². The molecule has 0 radical (unpaired) electrons. The number of aromatic nitrogens is 4. The number of aliphatic imine (C=N–C) groups is 2. The van der Waals surface area contributed by atoms with Gasteiger partial charge in [-0.05, 0) is 84.0 Å². The van der Waals surface area contributed by atoms with Gasteiger partial charge in [0.15, 0.2) is 0 Å². The van der Waals surface area contributed by atoms with E-state index in [0.717, 1.165) is 67.7 Å². The molecule has 3 aromatic carbocycles. The van der Waals surface area contributed by atoms with Crippen LogP contribution in [0.3, 0.4) is 0 Å². The molecule has 6 rings (SSSR count). The fourth-order valence-electron chi connectivity index (χ4n) is 6.75. The van der Waals surface area contributed by atoms with Gasteiger partial charge in [-0.1, -0.05) is 128 Å². The molecule has 264 valence electrons. The second kappa shape index (κ2) is 15.5. The summed E-state index contributed by atoms with van der Waals surface area (Å²) in [5, 5.41) is 11.5. The van der Waals surface area contributed by atoms with Gasteiger partial charge < -0.3 is 0 Å². The van der Waals surface area contributed by atoms with Crippen LogP contribution in [0, 0.1) is 0 Å². The van der Waals surface area contributed by atoms with E-state index in [4.69, 9.17) is 30.2 Å². The van der Waals surface area contributed by atoms with Crippen LogP contribution < -0.4 is 0 Å². The molecule has 6 aromatic rings. The predicted octanol–water partition coefficient (Wildman–Crippen LogP) is 12.5. The standard InChI is InChI=1S/C46H50N6/c1-27(2)33-19-13-20-34(28(3)4)43(33)47-31(9)39-23-15-25-41(49-39)45-37-17-11-12-18-38(37)46(52-51-45)42-26-16-24-40(50-42)32(10)48-44-35(29(5)6)21-14-22-36(44)30(7)8/h11-30H,1-10H3. The zero-order chi connectivity index (χ0) is 37.1. The summed E-state index contributed by atoms with van der Waals surface area (Å²) in [6.07, 6.45) is 0. The molecular formula is C46H50N6. The lowest BCUT2D eigenvalue weighted by molar-refractivity contribution is 0.834. The van der Waals surface area contributed by atoms with Crippen LogP contribution >= 0.6 is 0 Å². The smallest absolute Gasteiger partial charge is 0.119 e. The summed E-state index contributed by atoms with van der Waals surface area (Å²) < 4.78 is 0. The topological polar surface area (TPSA) is 76.3 Å². The van der Waals surface area contributed by atoms with Gasteiger partial charge in [-0.15, -0.1) is 10.2 Å². The average molecular weight is 687 g/mol. The molecule has 3 aromatic heterocycles. The molecule has 0 fully saturated rings. The molecule has 0 aliphatic heterocycles. The highest BCUT2D eigenvalue weighted by molar-refractivity contribution is 6.03. The third-order valence-corrected chi connectivity index (χ3v) is 9.66. The summed E-state index contributed by atoms with van der Waals surface area (Å²) in [5.41, 5.74) is 13.4. The van der Waals surface area contributed by atoms with Gasteiger partial charge in [0.2, 0.25) is 0 Å². The Morgan fingerprint density at radius 1 is 0.423 bits per heavy atom. The first kappa shape index (κ1) is 36.4. The molecule has 52 heavy (non-hydrogen) atoms. The van der Waals surface area contributed by atoms with Crippen molar-refractivity contribution >= 4 is 33.6 Å². The molecule has 0 N–H and O–H groups in total. The minimum Gasteiger partial charge on any atom is -0.251 e. The number of rotatable bonds is 10. The Hall–Kier alpha value is -5.36. The Kier molecular flexibility index (Phi) is 10.8. The van der Waals surface area contributed by atoms with Crippen LogP contribution in [0.2, 0.25) is 0 Å². The van der Waals surface area contributed by atoms with E-state index in [1.807, 2.05) is 62.4 Å². The highest BCUT2D eigenvalue weighted by Gasteiger charge is 2.18. The third-order valence-electron chi connectivity index (χ3n) is 9.66. The van der Waals surface area contributed by atoms with Crippen molar-refractivity contribution in [2.24, 2.45) is 9.98 Å². The SMILES string of the molecule is CC(=Nc1c(C(C)C)cccc1C(C)C)c1cccc(-c2nnc(-c3cccc(C(C)=Nc4c(C(C)C)cccc4C(C)C)n3)c3ccccc23)n1. The number of fused-ring (bicyclic) bond motifs is 1. The Labute approximate surface area is 309 Å². The molecule has 0 atom stereocenters. The Bertz CT molecular complexity index is 2080. The number of benzene rings is 3. The zero-order valence-electron chi connectivity index (χ0n) is 32.2. The van der Waals surface area contributed by atoms with Crippen LogP contribution in [0.5, 0.6) is 0 Å². The highest BCUT2D eigenvalue weighted by Crippen LogP contribution is 2.37. The van der Waals surface area contributed by atoms with Crippen LogP contribution in [-0.4, -0.2) is 31.6 Å².